The van der Waals surface area contributed by atoms with Gasteiger partial charge in [0.05, 0.1) is 5.60 Å². The fourth-order valence-electron chi connectivity index (χ4n) is 3.32. The molecule has 1 nitrogen and oxygen atoms in total. The third kappa shape index (κ3) is 2.89. The Bertz CT molecular complexity index is 365. The van der Waals surface area contributed by atoms with E-state index in [9.17, 15) is 5.11 Å². The van der Waals surface area contributed by atoms with E-state index in [-0.39, 0.29) is 0 Å². The highest BCUT2D eigenvalue weighted by Crippen LogP contribution is 2.43. The van der Waals surface area contributed by atoms with E-state index in [1.807, 2.05) is 30.3 Å². The van der Waals surface area contributed by atoms with E-state index in [0.717, 1.165) is 18.4 Å². The van der Waals surface area contributed by atoms with Crippen LogP contribution in [0.15, 0.2) is 30.3 Å². The second kappa shape index (κ2) is 6.08. The van der Waals surface area contributed by atoms with Gasteiger partial charge in [0.2, 0.25) is 0 Å². The molecule has 18 heavy (non-hydrogen) atoms. The Morgan fingerprint density at radius 3 is 2.61 bits per heavy atom. The van der Waals surface area contributed by atoms with Crippen LogP contribution in [0.2, 0.25) is 0 Å². The van der Waals surface area contributed by atoms with Crippen LogP contribution < -0.4 is 0 Å². The summed E-state index contributed by atoms with van der Waals surface area (Å²) >= 11 is 5.93. The Hall–Kier alpha value is -0.530. The minimum atomic E-state index is -0.738. The van der Waals surface area contributed by atoms with Crippen LogP contribution >= 0.6 is 11.6 Å². The number of alkyl halides is 1. The van der Waals surface area contributed by atoms with Gasteiger partial charge >= 0.3 is 0 Å². The molecule has 0 saturated heterocycles. The minimum Gasteiger partial charge on any atom is -0.385 e. The standard InChI is InChI=1S/C16H23ClO/c1-13-6-5-9-15(12-13)16(18,10-11-17)14-7-3-2-4-8-14/h2-4,7-8,13,15,18H,5-6,9-12H2,1H3. The number of hydrogen-bond donors (Lipinski definition) is 1. The van der Waals surface area contributed by atoms with Crippen molar-refractivity contribution in [3.63, 3.8) is 0 Å². The molecule has 1 aromatic carbocycles. The molecule has 2 rings (SSSR count). The van der Waals surface area contributed by atoms with E-state index in [2.05, 4.69) is 6.92 Å². The van der Waals surface area contributed by atoms with Gasteiger partial charge in [-0.15, -0.1) is 11.6 Å². The molecule has 1 aliphatic carbocycles. The van der Waals surface area contributed by atoms with Crippen molar-refractivity contribution in [2.45, 2.75) is 44.6 Å². The molecule has 1 saturated carbocycles. The largest absolute Gasteiger partial charge is 0.385 e. The predicted molar refractivity (Wildman–Crippen MR) is 76.8 cm³/mol. The van der Waals surface area contributed by atoms with Gasteiger partial charge in [-0.1, -0.05) is 50.1 Å². The number of rotatable bonds is 4. The lowest BCUT2D eigenvalue weighted by Crippen LogP contribution is -2.38. The molecule has 1 aliphatic rings. The van der Waals surface area contributed by atoms with Crippen molar-refractivity contribution in [1.29, 1.82) is 0 Å². The van der Waals surface area contributed by atoms with Crippen molar-refractivity contribution in [2.75, 3.05) is 5.88 Å². The highest BCUT2D eigenvalue weighted by Gasteiger charge is 2.39. The van der Waals surface area contributed by atoms with Gasteiger partial charge in [0.25, 0.3) is 0 Å². The van der Waals surface area contributed by atoms with E-state index in [0.29, 0.717) is 24.1 Å². The van der Waals surface area contributed by atoms with Crippen molar-refractivity contribution in [3.05, 3.63) is 35.9 Å². The first-order valence-corrected chi connectivity index (χ1v) is 7.54. The van der Waals surface area contributed by atoms with Crippen LogP contribution in [0.25, 0.3) is 0 Å². The molecule has 1 N–H and O–H groups in total. The van der Waals surface area contributed by atoms with Crippen molar-refractivity contribution in [2.24, 2.45) is 11.8 Å². The van der Waals surface area contributed by atoms with Crippen molar-refractivity contribution < 1.29 is 5.11 Å². The number of hydrogen-bond acceptors (Lipinski definition) is 1. The first-order chi connectivity index (χ1) is 8.66. The zero-order valence-electron chi connectivity index (χ0n) is 11.1. The number of benzene rings is 1. The number of aliphatic hydroxyl groups is 1. The monoisotopic (exact) mass is 266 g/mol. The summed E-state index contributed by atoms with van der Waals surface area (Å²) in [6.45, 7) is 2.29. The zero-order chi connectivity index (χ0) is 13.0. The second-order valence-electron chi connectivity index (χ2n) is 5.70. The van der Waals surface area contributed by atoms with Gasteiger partial charge in [0.1, 0.15) is 0 Å². The summed E-state index contributed by atoms with van der Waals surface area (Å²) < 4.78 is 0. The van der Waals surface area contributed by atoms with Crippen LogP contribution in [0.4, 0.5) is 0 Å². The molecule has 0 spiro atoms. The second-order valence-corrected chi connectivity index (χ2v) is 6.08. The molecule has 0 heterocycles. The van der Waals surface area contributed by atoms with Crippen molar-refractivity contribution in [1.82, 2.24) is 0 Å². The van der Waals surface area contributed by atoms with E-state index >= 15 is 0 Å². The molecule has 2 heteroatoms. The van der Waals surface area contributed by atoms with E-state index in [4.69, 9.17) is 11.6 Å². The maximum absolute atomic E-state index is 11.1. The van der Waals surface area contributed by atoms with Gasteiger partial charge in [-0.25, -0.2) is 0 Å². The van der Waals surface area contributed by atoms with E-state index < -0.39 is 5.60 Å². The average molecular weight is 267 g/mol. The molecular weight excluding hydrogens is 244 g/mol. The minimum absolute atomic E-state index is 0.349. The fourth-order valence-corrected chi connectivity index (χ4v) is 3.61. The summed E-state index contributed by atoms with van der Waals surface area (Å²) in [6.07, 6.45) is 5.40. The fraction of sp³-hybridized carbons (Fsp3) is 0.625. The van der Waals surface area contributed by atoms with Crippen molar-refractivity contribution >= 4 is 11.6 Å². The summed E-state index contributed by atoms with van der Waals surface area (Å²) in [5, 5.41) is 11.1. The lowest BCUT2D eigenvalue weighted by molar-refractivity contribution is -0.0484. The maximum Gasteiger partial charge on any atom is 0.0936 e. The van der Waals surface area contributed by atoms with Crippen LogP contribution in [0, 0.1) is 11.8 Å². The predicted octanol–water partition coefficient (Wildman–Crippen LogP) is 4.33. The highest BCUT2D eigenvalue weighted by molar-refractivity contribution is 6.17. The van der Waals surface area contributed by atoms with Gasteiger partial charge in [0.15, 0.2) is 0 Å². The van der Waals surface area contributed by atoms with Gasteiger partial charge in [-0.05, 0) is 36.7 Å². The van der Waals surface area contributed by atoms with Crippen LogP contribution in [0.5, 0.6) is 0 Å². The quantitative estimate of drug-likeness (QED) is 0.805. The molecule has 0 radical (unpaired) electrons. The molecule has 0 bridgehead atoms. The third-order valence-electron chi connectivity index (χ3n) is 4.36. The van der Waals surface area contributed by atoms with Crippen LogP contribution in [-0.2, 0) is 5.60 Å². The van der Waals surface area contributed by atoms with Gasteiger partial charge in [0, 0.05) is 5.88 Å². The molecule has 1 fully saturated rings. The summed E-state index contributed by atoms with van der Waals surface area (Å²) in [5.41, 5.74) is 0.294. The smallest absolute Gasteiger partial charge is 0.0936 e. The molecule has 0 aromatic heterocycles. The van der Waals surface area contributed by atoms with E-state index in [1.54, 1.807) is 0 Å². The lowest BCUT2D eigenvalue weighted by Gasteiger charge is -2.40. The SMILES string of the molecule is CC1CCCC(C(O)(CCCl)c2ccccc2)C1. The summed E-state index contributed by atoms with van der Waals surface area (Å²) in [5.74, 6) is 1.58. The molecular formula is C16H23ClO. The highest BCUT2D eigenvalue weighted by atomic mass is 35.5. The van der Waals surface area contributed by atoms with Gasteiger partial charge in [-0.2, -0.15) is 0 Å². The normalized spacial score (nSPS) is 27.7. The Kier molecular flexibility index (Phi) is 4.69. The molecule has 0 amide bonds. The Morgan fingerprint density at radius 1 is 1.28 bits per heavy atom. The van der Waals surface area contributed by atoms with Gasteiger partial charge in [-0.3, -0.25) is 0 Å². The number of halogens is 1. The average Bonchev–Trinajstić information content (AvgIpc) is 2.40. The molecule has 100 valence electrons. The van der Waals surface area contributed by atoms with Crippen LogP contribution in [0.1, 0.15) is 44.6 Å². The summed E-state index contributed by atoms with van der Waals surface area (Å²) in [6, 6.07) is 10.1. The first kappa shape index (κ1) is 13.9. The van der Waals surface area contributed by atoms with Crippen molar-refractivity contribution in [3.8, 4) is 0 Å². The lowest BCUT2D eigenvalue weighted by atomic mass is 9.69. The summed E-state index contributed by atoms with van der Waals surface area (Å²) in [7, 11) is 0. The molecule has 1 aromatic rings. The Balaban J connectivity index is 2.25. The molecule has 3 unspecified atom stereocenters. The summed E-state index contributed by atoms with van der Waals surface area (Å²) in [4.78, 5) is 0. The maximum atomic E-state index is 11.1. The topological polar surface area (TPSA) is 20.2 Å². The molecule has 0 aliphatic heterocycles. The van der Waals surface area contributed by atoms with E-state index in [1.165, 1.54) is 12.8 Å². The van der Waals surface area contributed by atoms with Crippen LogP contribution in [-0.4, -0.2) is 11.0 Å². The zero-order valence-corrected chi connectivity index (χ0v) is 11.9. The Morgan fingerprint density at radius 2 is 2.00 bits per heavy atom. The van der Waals surface area contributed by atoms with Crippen LogP contribution in [0.3, 0.4) is 0 Å². The van der Waals surface area contributed by atoms with Gasteiger partial charge < -0.3 is 5.11 Å². The molecule has 3 atom stereocenters. The third-order valence-corrected chi connectivity index (χ3v) is 4.55. The first-order valence-electron chi connectivity index (χ1n) is 7.00. The Labute approximate surface area is 115 Å².